The third kappa shape index (κ3) is 4.34. The molecule has 1 fully saturated rings. The fourth-order valence-electron chi connectivity index (χ4n) is 2.21. The number of amides is 1. The van der Waals surface area contributed by atoms with E-state index < -0.39 is 0 Å². The summed E-state index contributed by atoms with van der Waals surface area (Å²) in [6.07, 6.45) is 5.21. The maximum absolute atomic E-state index is 11.7. The predicted molar refractivity (Wildman–Crippen MR) is 70.6 cm³/mol. The smallest absolute Gasteiger partial charge is 0.237 e. The highest BCUT2D eigenvalue weighted by atomic mass is 32.2. The molecule has 3 atom stereocenters. The van der Waals surface area contributed by atoms with E-state index in [-0.39, 0.29) is 11.9 Å². The number of hydrogen-bond donors (Lipinski definition) is 2. The molecule has 1 amide bonds. The van der Waals surface area contributed by atoms with Gasteiger partial charge in [0, 0.05) is 11.3 Å². The van der Waals surface area contributed by atoms with E-state index in [2.05, 4.69) is 19.2 Å². The van der Waals surface area contributed by atoms with Crippen LogP contribution in [0.4, 0.5) is 0 Å². The second-order valence-electron chi connectivity index (χ2n) is 4.49. The molecular formula is C12H24N2OS. The molecule has 94 valence electrons. The zero-order valence-corrected chi connectivity index (χ0v) is 11.2. The van der Waals surface area contributed by atoms with E-state index in [0.29, 0.717) is 6.04 Å². The number of rotatable bonds is 6. The van der Waals surface area contributed by atoms with E-state index in [1.54, 1.807) is 0 Å². The first-order valence-corrected chi connectivity index (χ1v) is 7.39. The van der Waals surface area contributed by atoms with Crippen molar-refractivity contribution in [3.63, 3.8) is 0 Å². The Kier molecular flexibility index (Phi) is 6.21. The van der Waals surface area contributed by atoms with Crippen LogP contribution in [0.5, 0.6) is 0 Å². The molecular weight excluding hydrogens is 220 g/mol. The fraction of sp³-hybridized carbons (Fsp3) is 0.917. The Labute approximate surface area is 103 Å². The van der Waals surface area contributed by atoms with Crippen LogP contribution < -0.4 is 11.1 Å². The van der Waals surface area contributed by atoms with Crippen LogP contribution >= 0.6 is 11.8 Å². The standard InChI is InChI=1S/C12H24N2OS/c1-3-5-11(13)12(15)14-9-6-7-10(8-9)16-4-2/h9-11H,3-8,13H2,1-2H3,(H,14,15)/t9?,10?,11-/m1/s1. The maximum Gasteiger partial charge on any atom is 0.237 e. The Morgan fingerprint density at radius 1 is 1.50 bits per heavy atom. The van der Waals surface area contributed by atoms with Crippen LogP contribution in [0, 0.1) is 0 Å². The first-order chi connectivity index (χ1) is 7.67. The normalized spacial score (nSPS) is 26.7. The Bertz CT molecular complexity index is 223. The molecule has 0 aromatic heterocycles. The van der Waals surface area contributed by atoms with Crippen molar-refractivity contribution in [2.24, 2.45) is 5.73 Å². The van der Waals surface area contributed by atoms with E-state index in [4.69, 9.17) is 5.73 Å². The molecule has 1 rings (SSSR count). The van der Waals surface area contributed by atoms with E-state index in [1.807, 2.05) is 11.8 Å². The first kappa shape index (κ1) is 13.8. The van der Waals surface area contributed by atoms with Gasteiger partial charge in [0.15, 0.2) is 0 Å². The van der Waals surface area contributed by atoms with Crippen molar-refractivity contribution < 1.29 is 4.79 Å². The summed E-state index contributed by atoms with van der Waals surface area (Å²) in [6.45, 7) is 4.24. The molecule has 16 heavy (non-hydrogen) atoms. The highest BCUT2D eigenvalue weighted by Gasteiger charge is 2.26. The van der Waals surface area contributed by atoms with Gasteiger partial charge in [-0.1, -0.05) is 20.3 Å². The van der Waals surface area contributed by atoms with E-state index in [9.17, 15) is 4.79 Å². The van der Waals surface area contributed by atoms with Gasteiger partial charge in [0.05, 0.1) is 6.04 Å². The lowest BCUT2D eigenvalue weighted by molar-refractivity contribution is -0.123. The number of hydrogen-bond acceptors (Lipinski definition) is 3. The van der Waals surface area contributed by atoms with Gasteiger partial charge >= 0.3 is 0 Å². The SMILES string of the molecule is CCC[C@@H](N)C(=O)NC1CCC(SCC)C1. The van der Waals surface area contributed by atoms with Crippen molar-refractivity contribution in [1.82, 2.24) is 5.32 Å². The van der Waals surface area contributed by atoms with Crippen molar-refractivity contribution in [1.29, 1.82) is 0 Å². The summed E-state index contributed by atoms with van der Waals surface area (Å²) >= 11 is 2.01. The van der Waals surface area contributed by atoms with Crippen LogP contribution in [0.25, 0.3) is 0 Å². The Morgan fingerprint density at radius 3 is 2.88 bits per heavy atom. The molecule has 1 saturated carbocycles. The number of thioether (sulfide) groups is 1. The minimum Gasteiger partial charge on any atom is -0.352 e. The van der Waals surface area contributed by atoms with Gasteiger partial charge in [-0.3, -0.25) is 4.79 Å². The second kappa shape index (κ2) is 7.17. The molecule has 0 aromatic carbocycles. The molecule has 2 unspecified atom stereocenters. The Balaban J connectivity index is 2.25. The van der Waals surface area contributed by atoms with E-state index >= 15 is 0 Å². The summed E-state index contributed by atoms with van der Waals surface area (Å²) in [4.78, 5) is 11.7. The average Bonchev–Trinajstić information content (AvgIpc) is 2.66. The number of carbonyl (C=O) groups is 1. The molecule has 4 heteroatoms. The summed E-state index contributed by atoms with van der Waals surface area (Å²) in [5.41, 5.74) is 5.78. The van der Waals surface area contributed by atoms with Crippen LogP contribution in [0.2, 0.25) is 0 Å². The quantitative estimate of drug-likeness (QED) is 0.750. The van der Waals surface area contributed by atoms with E-state index in [1.165, 1.54) is 12.2 Å². The lowest BCUT2D eigenvalue weighted by Crippen LogP contribution is -2.44. The van der Waals surface area contributed by atoms with Gasteiger partial charge in [0.2, 0.25) is 5.91 Å². The molecule has 0 heterocycles. The van der Waals surface area contributed by atoms with Crippen molar-refractivity contribution in [3.05, 3.63) is 0 Å². The molecule has 1 aliphatic carbocycles. The summed E-state index contributed by atoms with van der Waals surface area (Å²) in [6, 6.07) is 0.0438. The Hall–Kier alpha value is -0.220. The first-order valence-electron chi connectivity index (χ1n) is 6.34. The minimum absolute atomic E-state index is 0.0361. The zero-order valence-electron chi connectivity index (χ0n) is 10.4. The van der Waals surface area contributed by atoms with Crippen LogP contribution in [0.3, 0.4) is 0 Å². The summed E-state index contributed by atoms with van der Waals surface area (Å²) in [7, 11) is 0. The predicted octanol–water partition coefficient (Wildman–Crippen LogP) is 1.90. The lowest BCUT2D eigenvalue weighted by atomic mass is 10.1. The highest BCUT2D eigenvalue weighted by Crippen LogP contribution is 2.29. The lowest BCUT2D eigenvalue weighted by Gasteiger charge is -2.16. The highest BCUT2D eigenvalue weighted by molar-refractivity contribution is 7.99. The molecule has 0 aromatic rings. The largest absolute Gasteiger partial charge is 0.352 e. The minimum atomic E-state index is -0.317. The van der Waals surface area contributed by atoms with Crippen LogP contribution in [0.15, 0.2) is 0 Å². The zero-order chi connectivity index (χ0) is 12.0. The second-order valence-corrected chi connectivity index (χ2v) is 6.07. The number of nitrogens with one attached hydrogen (secondary N) is 1. The van der Waals surface area contributed by atoms with Gasteiger partial charge < -0.3 is 11.1 Å². The number of carbonyl (C=O) groups excluding carboxylic acids is 1. The third-order valence-electron chi connectivity index (χ3n) is 3.07. The summed E-state index contributed by atoms with van der Waals surface area (Å²) in [5.74, 6) is 1.20. The third-order valence-corrected chi connectivity index (χ3v) is 4.30. The number of nitrogens with two attached hydrogens (primary N) is 1. The van der Waals surface area contributed by atoms with Gasteiger partial charge in [-0.25, -0.2) is 0 Å². The summed E-state index contributed by atoms with van der Waals surface area (Å²) < 4.78 is 0. The van der Waals surface area contributed by atoms with Crippen molar-refractivity contribution in [2.75, 3.05) is 5.75 Å². The topological polar surface area (TPSA) is 55.1 Å². The molecule has 0 spiro atoms. The van der Waals surface area contributed by atoms with Crippen molar-refractivity contribution in [2.45, 2.75) is 63.3 Å². The van der Waals surface area contributed by atoms with Gasteiger partial charge in [0.1, 0.15) is 0 Å². The monoisotopic (exact) mass is 244 g/mol. The molecule has 0 aliphatic heterocycles. The molecule has 0 saturated heterocycles. The van der Waals surface area contributed by atoms with Gasteiger partial charge in [0.25, 0.3) is 0 Å². The molecule has 3 N–H and O–H groups in total. The molecule has 0 radical (unpaired) electrons. The van der Waals surface area contributed by atoms with E-state index in [0.717, 1.165) is 30.9 Å². The van der Waals surface area contributed by atoms with Gasteiger partial charge in [-0.2, -0.15) is 11.8 Å². The molecule has 1 aliphatic rings. The molecule has 0 bridgehead atoms. The Morgan fingerprint density at radius 2 is 2.25 bits per heavy atom. The average molecular weight is 244 g/mol. The molecule has 3 nitrogen and oxygen atoms in total. The van der Waals surface area contributed by atoms with Crippen molar-refractivity contribution in [3.8, 4) is 0 Å². The van der Waals surface area contributed by atoms with Crippen molar-refractivity contribution >= 4 is 17.7 Å². The van der Waals surface area contributed by atoms with Crippen LogP contribution in [-0.2, 0) is 4.79 Å². The van der Waals surface area contributed by atoms with Gasteiger partial charge in [-0.15, -0.1) is 0 Å². The maximum atomic E-state index is 11.7. The van der Waals surface area contributed by atoms with Crippen LogP contribution in [-0.4, -0.2) is 29.0 Å². The van der Waals surface area contributed by atoms with Crippen LogP contribution in [0.1, 0.15) is 46.0 Å². The fourth-order valence-corrected chi connectivity index (χ4v) is 3.35. The van der Waals surface area contributed by atoms with Gasteiger partial charge in [-0.05, 0) is 31.4 Å². The summed E-state index contributed by atoms with van der Waals surface area (Å²) in [5, 5.41) is 3.81.